The normalized spacial score (nSPS) is 52.0. The molecule has 1 N–H and O–H groups in total. The Morgan fingerprint density at radius 1 is 1.17 bits per heavy atom. The van der Waals surface area contributed by atoms with Gasteiger partial charge in [0.1, 0.15) is 0 Å². The van der Waals surface area contributed by atoms with Crippen LogP contribution in [0.2, 0.25) is 0 Å². The SMILES string of the molecule is C[C@@H]1CO[C@H](CO)CN1C(=O)C12CC3C[C@@](C)(C1)C[C@](C)(C3)C2. The molecule has 4 saturated carbocycles. The highest BCUT2D eigenvalue weighted by Gasteiger charge is 2.63. The van der Waals surface area contributed by atoms with Crippen LogP contribution in [0.1, 0.15) is 59.3 Å². The predicted molar refractivity (Wildman–Crippen MR) is 87.8 cm³/mol. The number of nitrogens with zero attached hydrogens (tertiary/aromatic N) is 1. The molecular weight excluding hydrogens is 290 g/mol. The lowest BCUT2D eigenvalue weighted by atomic mass is 9.40. The molecule has 0 spiro atoms. The molecule has 0 aromatic heterocycles. The first-order chi connectivity index (χ1) is 10.8. The van der Waals surface area contributed by atoms with Crippen LogP contribution in [-0.2, 0) is 9.53 Å². The predicted octanol–water partition coefficient (Wildman–Crippen LogP) is 2.59. The van der Waals surface area contributed by atoms with Gasteiger partial charge in [-0.2, -0.15) is 0 Å². The largest absolute Gasteiger partial charge is 0.394 e. The van der Waals surface area contributed by atoms with Crippen LogP contribution in [0.4, 0.5) is 0 Å². The fraction of sp³-hybridized carbons (Fsp3) is 0.947. The van der Waals surface area contributed by atoms with Crippen LogP contribution in [0.5, 0.6) is 0 Å². The second-order valence-corrected chi connectivity index (χ2v) is 9.85. The Labute approximate surface area is 139 Å². The van der Waals surface area contributed by atoms with Crippen molar-refractivity contribution in [2.45, 2.75) is 71.4 Å². The van der Waals surface area contributed by atoms with E-state index in [2.05, 4.69) is 20.8 Å². The number of aliphatic hydroxyl groups is 1. The number of hydrogen-bond acceptors (Lipinski definition) is 3. The average Bonchev–Trinajstić information content (AvgIpc) is 2.43. The maximum Gasteiger partial charge on any atom is 0.229 e. The molecule has 1 aliphatic heterocycles. The number of hydrogen-bond donors (Lipinski definition) is 1. The van der Waals surface area contributed by atoms with Crippen molar-refractivity contribution in [1.82, 2.24) is 4.90 Å². The molecule has 23 heavy (non-hydrogen) atoms. The number of rotatable bonds is 2. The van der Waals surface area contributed by atoms with Gasteiger partial charge in [0.15, 0.2) is 0 Å². The van der Waals surface area contributed by atoms with Gasteiger partial charge < -0.3 is 14.7 Å². The van der Waals surface area contributed by atoms with Crippen LogP contribution >= 0.6 is 0 Å². The fourth-order valence-electron chi connectivity index (χ4n) is 7.20. The summed E-state index contributed by atoms with van der Waals surface area (Å²) < 4.78 is 5.63. The van der Waals surface area contributed by atoms with Crippen LogP contribution in [0, 0.1) is 22.2 Å². The smallest absolute Gasteiger partial charge is 0.229 e. The first-order valence-electron chi connectivity index (χ1n) is 9.30. The van der Waals surface area contributed by atoms with E-state index in [1.54, 1.807) is 0 Å². The van der Waals surface area contributed by atoms with Crippen LogP contribution in [0.3, 0.4) is 0 Å². The van der Waals surface area contributed by atoms with E-state index in [0.717, 1.165) is 25.2 Å². The zero-order chi connectivity index (χ0) is 16.5. The summed E-state index contributed by atoms with van der Waals surface area (Å²) in [6.45, 7) is 8.01. The van der Waals surface area contributed by atoms with Gasteiger partial charge in [-0.1, -0.05) is 13.8 Å². The molecule has 5 aliphatic rings. The molecule has 5 fully saturated rings. The fourth-order valence-corrected chi connectivity index (χ4v) is 7.20. The van der Waals surface area contributed by atoms with Gasteiger partial charge in [0.25, 0.3) is 0 Å². The molecule has 5 rings (SSSR count). The Bertz CT molecular complexity index is 501. The molecule has 2 unspecified atom stereocenters. The summed E-state index contributed by atoms with van der Waals surface area (Å²) in [6, 6.07) is 0.124. The highest BCUT2D eigenvalue weighted by molar-refractivity contribution is 5.84. The number of carbonyl (C=O) groups is 1. The Kier molecular flexibility index (Phi) is 3.42. The van der Waals surface area contributed by atoms with Gasteiger partial charge in [-0.15, -0.1) is 0 Å². The van der Waals surface area contributed by atoms with Gasteiger partial charge in [0.2, 0.25) is 5.91 Å². The molecule has 4 heteroatoms. The van der Waals surface area contributed by atoms with E-state index < -0.39 is 0 Å². The van der Waals surface area contributed by atoms with Gasteiger partial charge in [0, 0.05) is 6.54 Å². The summed E-state index contributed by atoms with van der Waals surface area (Å²) >= 11 is 0. The van der Waals surface area contributed by atoms with E-state index in [1.165, 1.54) is 19.3 Å². The molecule has 4 bridgehead atoms. The minimum absolute atomic E-state index is 0.00154. The zero-order valence-electron chi connectivity index (χ0n) is 14.8. The van der Waals surface area contributed by atoms with Crippen LogP contribution < -0.4 is 0 Å². The van der Waals surface area contributed by atoms with E-state index in [-0.39, 0.29) is 24.2 Å². The van der Waals surface area contributed by atoms with E-state index in [4.69, 9.17) is 4.74 Å². The third-order valence-corrected chi connectivity index (χ3v) is 7.05. The average molecular weight is 321 g/mol. The van der Waals surface area contributed by atoms with Crippen molar-refractivity contribution in [2.24, 2.45) is 22.2 Å². The van der Waals surface area contributed by atoms with E-state index in [0.29, 0.717) is 29.9 Å². The molecular formula is C19H31NO3. The second-order valence-electron chi connectivity index (χ2n) is 9.85. The van der Waals surface area contributed by atoms with Gasteiger partial charge in [-0.3, -0.25) is 4.79 Å². The summed E-state index contributed by atoms with van der Waals surface area (Å²) in [4.78, 5) is 15.6. The summed E-state index contributed by atoms with van der Waals surface area (Å²) in [5.74, 6) is 1.09. The van der Waals surface area contributed by atoms with Crippen molar-refractivity contribution in [3.63, 3.8) is 0 Å². The Morgan fingerprint density at radius 2 is 1.83 bits per heavy atom. The third-order valence-electron chi connectivity index (χ3n) is 7.05. The van der Waals surface area contributed by atoms with Crippen molar-refractivity contribution >= 4 is 5.91 Å². The summed E-state index contributed by atoms with van der Waals surface area (Å²) in [7, 11) is 0. The van der Waals surface area contributed by atoms with E-state index in [9.17, 15) is 9.90 Å². The Balaban J connectivity index is 1.62. The molecule has 6 atom stereocenters. The van der Waals surface area contributed by atoms with Gasteiger partial charge in [0.05, 0.1) is 30.8 Å². The third kappa shape index (κ3) is 2.44. The molecule has 0 aromatic carbocycles. The van der Waals surface area contributed by atoms with Crippen molar-refractivity contribution in [3.8, 4) is 0 Å². The van der Waals surface area contributed by atoms with E-state index >= 15 is 0 Å². The minimum atomic E-state index is -0.213. The topological polar surface area (TPSA) is 49.8 Å². The molecule has 4 aliphatic carbocycles. The molecule has 1 saturated heterocycles. The molecule has 1 heterocycles. The zero-order valence-corrected chi connectivity index (χ0v) is 14.8. The molecule has 0 aromatic rings. The van der Waals surface area contributed by atoms with Crippen molar-refractivity contribution < 1.29 is 14.6 Å². The number of carbonyl (C=O) groups excluding carboxylic acids is 1. The van der Waals surface area contributed by atoms with Crippen molar-refractivity contribution in [3.05, 3.63) is 0 Å². The van der Waals surface area contributed by atoms with Crippen molar-refractivity contribution in [1.29, 1.82) is 0 Å². The lowest BCUT2D eigenvalue weighted by Crippen LogP contribution is -2.63. The maximum absolute atomic E-state index is 13.6. The summed E-state index contributed by atoms with van der Waals surface area (Å²) in [5.41, 5.74) is 0.569. The Hall–Kier alpha value is -0.610. The second kappa shape index (κ2) is 4.95. The first-order valence-corrected chi connectivity index (χ1v) is 9.30. The van der Waals surface area contributed by atoms with Gasteiger partial charge in [-0.05, 0) is 62.2 Å². The number of aliphatic hydroxyl groups excluding tert-OH is 1. The molecule has 130 valence electrons. The van der Waals surface area contributed by atoms with Crippen LogP contribution in [0.25, 0.3) is 0 Å². The lowest BCUT2D eigenvalue weighted by molar-refractivity contribution is -0.188. The number of amides is 1. The van der Waals surface area contributed by atoms with Gasteiger partial charge in [-0.25, -0.2) is 0 Å². The highest BCUT2D eigenvalue weighted by Crippen LogP contribution is 2.69. The lowest BCUT2D eigenvalue weighted by Gasteiger charge is -2.65. The maximum atomic E-state index is 13.6. The van der Waals surface area contributed by atoms with Crippen molar-refractivity contribution in [2.75, 3.05) is 19.8 Å². The van der Waals surface area contributed by atoms with Crippen LogP contribution in [-0.4, -0.2) is 47.8 Å². The first kappa shape index (κ1) is 15.9. The molecule has 1 amide bonds. The summed E-state index contributed by atoms with van der Waals surface area (Å²) in [6.07, 6.45) is 6.94. The van der Waals surface area contributed by atoms with E-state index in [1.807, 2.05) is 4.90 Å². The molecule has 0 radical (unpaired) electrons. The standard InChI is InChI=1S/C19H31NO3/c1-13-9-23-15(8-21)7-20(13)16(22)19-6-14-4-17(2,11-19)10-18(3,5-14)12-19/h13-15,21H,4-12H2,1-3H3/t13-,14?,15+,17-,18+,19?/m1/s1. The van der Waals surface area contributed by atoms with Crippen LogP contribution in [0.15, 0.2) is 0 Å². The summed E-state index contributed by atoms with van der Waals surface area (Å²) in [5, 5.41) is 9.43. The number of ether oxygens (including phenoxy) is 1. The Morgan fingerprint density at radius 3 is 2.39 bits per heavy atom. The molecule has 4 nitrogen and oxygen atoms in total. The quantitative estimate of drug-likeness (QED) is 0.850. The van der Waals surface area contributed by atoms with Gasteiger partial charge >= 0.3 is 0 Å². The monoisotopic (exact) mass is 321 g/mol. The minimum Gasteiger partial charge on any atom is -0.394 e. The number of morpholine rings is 1. The highest BCUT2D eigenvalue weighted by atomic mass is 16.5.